The van der Waals surface area contributed by atoms with Crippen molar-refractivity contribution in [3.05, 3.63) is 59.7 Å². The summed E-state index contributed by atoms with van der Waals surface area (Å²) < 4.78 is 5.29. The molecule has 0 aliphatic carbocycles. The summed E-state index contributed by atoms with van der Waals surface area (Å²) in [7, 11) is 1.71. The summed E-state index contributed by atoms with van der Waals surface area (Å²) >= 11 is 1.84. The van der Waals surface area contributed by atoms with Gasteiger partial charge in [-0.1, -0.05) is 36.0 Å². The molecule has 0 unspecified atom stereocenters. The number of hydrogen-bond donors (Lipinski definition) is 1. The minimum absolute atomic E-state index is 0.913. The number of benzene rings is 2. The van der Waals surface area contributed by atoms with Crippen LogP contribution in [0.4, 0.5) is 0 Å². The molecule has 0 atom stereocenters. The fourth-order valence-electron chi connectivity index (χ4n) is 2.67. The van der Waals surface area contributed by atoms with E-state index in [1.807, 2.05) is 17.8 Å². The van der Waals surface area contributed by atoms with Crippen LogP contribution in [-0.2, 0) is 0 Å². The second-order valence-electron chi connectivity index (χ2n) is 5.41. The first kappa shape index (κ1) is 15.2. The maximum absolute atomic E-state index is 5.29. The van der Waals surface area contributed by atoms with Crippen molar-refractivity contribution in [2.75, 3.05) is 20.2 Å². The molecular formula is C19H21NOS. The van der Waals surface area contributed by atoms with Crippen LogP contribution in [0, 0.1) is 6.92 Å². The van der Waals surface area contributed by atoms with E-state index >= 15 is 0 Å². The first-order valence-electron chi connectivity index (χ1n) is 7.59. The van der Waals surface area contributed by atoms with E-state index in [0.29, 0.717) is 0 Å². The van der Waals surface area contributed by atoms with E-state index in [2.05, 4.69) is 54.7 Å². The van der Waals surface area contributed by atoms with Gasteiger partial charge in [-0.25, -0.2) is 0 Å². The minimum atomic E-state index is 0.913. The van der Waals surface area contributed by atoms with Gasteiger partial charge in [-0.2, -0.15) is 0 Å². The third-order valence-corrected chi connectivity index (χ3v) is 5.15. The lowest BCUT2D eigenvalue weighted by Gasteiger charge is -2.17. The van der Waals surface area contributed by atoms with Crippen molar-refractivity contribution in [3.63, 3.8) is 0 Å². The Kier molecular flexibility index (Phi) is 4.86. The largest absolute Gasteiger partial charge is 0.497 e. The van der Waals surface area contributed by atoms with Crippen LogP contribution in [0.25, 0.3) is 5.57 Å². The molecule has 114 valence electrons. The normalized spacial score (nSPS) is 14.5. The molecule has 0 saturated carbocycles. The Labute approximate surface area is 136 Å². The quantitative estimate of drug-likeness (QED) is 0.896. The molecule has 0 amide bonds. The Morgan fingerprint density at radius 1 is 1.09 bits per heavy atom. The molecule has 1 N–H and O–H groups in total. The van der Waals surface area contributed by atoms with Crippen molar-refractivity contribution in [2.24, 2.45) is 0 Å². The van der Waals surface area contributed by atoms with Crippen LogP contribution in [-0.4, -0.2) is 20.2 Å². The summed E-state index contributed by atoms with van der Waals surface area (Å²) in [6.07, 6.45) is 3.41. The summed E-state index contributed by atoms with van der Waals surface area (Å²) in [5.41, 5.74) is 4.07. The van der Waals surface area contributed by atoms with Crippen molar-refractivity contribution >= 4 is 17.3 Å². The fourth-order valence-corrected chi connectivity index (χ4v) is 3.72. The second-order valence-corrected chi connectivity index (χ2v) is 6.50. The number of rotatable bonds is 4. The molecule has 0 bridgehead atoms. The number of hydrogen-bond acceptors (Lipinski definition) is 3. The lowest BCUT2D eigenvalue weighted by atomic mass is 10.0. The van der Waals surface area contributed by atoms with E-state index < -0.39 is 0 Å². The molecule has 0 radical (unpaired) electrons. The number of ether oxygens (including phenoxy) is 1. The van der Waals surface area contributed by atoms with Crippen molar-refractivity contribution in [3.8, 4) is 5.75 Å². The predicted octanol–water partition coefficient (Wildman–Crippen LogP) is 4.53. The highest BCUT2D eigenvalue weighted by Gasteiger charge is 2.12. The summed E-state index contributed by atoms with van der Waals surface area (Å²) in [4.78, 5) is 2.60. The van der Waals surface area contributed by atoms with Gasteiger partial charge in [-0.15, -0.1) is 0 Å². The summed E-state index contributed by atoms with van der Waals surface area (Å²) in [6.45, 7) is 4.17. The van der Waals surface area contributed by atoms with Gasteiger partial charge < -0.3 is 10.1 Å². The third-order valence-electron chi connectivity index (χ3n) is 3.90. The van der Waals surface area contributed by atoms with Crippen LogP contribution < -0.4 is 10.1 Å². The fraction of sp³-hybridized carbons (Fsp3) is 0.263. The van der Waals surface area contributed by atoms with Gasteiger partial charge in [0.2, 0.25) is 0 Å². The van der Waals surface area contributed by atoms with Gasteiger partial charge in [-0.3, -0.25) is 0 Å². The third kappa shape index (κ3) is 3.37. The number of aryl methyl sites for hydroxylation is 1. The standard InChI is InChI=1S/C19H21NOS/c1-14-13-16(21-2)7-8-18(14)22-19-6-4-3-5-17(19)15-9-11-20-12-10-15/h3-9,13,20H,10-12H2,1-2H3. The summed E-state index contributed by atoms with van der Waals surface area (Å²) in [5, 5.41) is 3.38. The van der Waals surface area contributed by atoms with Crippen molar-refractivity contribution in [1.29, 1.82) is 0 Å². The molecule has 2 aromatic rings. The molecule has 3 rings (SSSR count). The van der Waals surface area contributed by atoms with Gasteiger partial charge in [0.05, 0.1) is 7.11 Å². The molecule has 2 aromatic carbocycles. The first-order chi connectivity index (χ1) is 10.8. The maximum Gasteiger partial charge on any atom is 0.119 e. The molecular weight excluding hydrogens is 290 g/mol. The van der Waals surface area contributed by atoms with E-state index in [4.69, 9.17) is 4.74 Å². The van der Waals surface area contributed by atoms with Crippen LogP contribution in [0.5, 0.6) is 5.75 Å². The SMILES string of the molecule is COc1ccc(Sc2ccccc2C2=CCNCC2)c(C)c1. The van der Waals surface area contributed by atoms with Crippen LogP contribution in [0.2, 0.25) is 0 Å². The van der Waals surface area contributed by atoms with Crippen LogP contribution in [0.3, 0.4) is 0 Å². The Hall–Kier alpha value is -1.71. The molecule has 1 heterocycles. The first-order valence-corrected chi connectivity index (χ1v) is 8.41. The van der Waals surface area contributed by atoms with Crippen molar-refractivity contribution in [2.45, 2.75) is 23.1 Å². The lowest BCUT2D eigenvalue weighted by molar-refractivity contribution is 0.414. The molecule has 1 aliphatic heterocycles. The highest BCUT2D eigenvalue weighted by atomic mass is 32.2. The zero-order valence-corrected chi connectivity index (χ0v) is 13.9. The van der Waals surface area contributed by atoms with E-state index in [1.165, 1.54) is 26.5 Å². The van der Waals surface area contributed by atoms with Gasteiger partial charge in [0.1, 0.15) is 5.75 Å². The zero-order valence-electron chi connectivity index (χ0n) is 13.1. The molecule has 22 heavy (non-hydrogen) atoms. The van der Waals surface area contributed by atoms with Gasteiger partial charge in [0, 0.05) is 16.3 Å². The highest BCUT2D eigenvalue weighted by molar-refractivity contribution is 7.99. The Bertz CT molecular complexity index is 694. The smallest absolute Gasteiger partial charge is 0.119 e. The molecule has 0 fully saturated rings. The Balaban J connectivity index is 1.91. The molecule has 2 nitrogen and oxygen atoms in total. The van der Waals surface area contributed by atoms with Gasteiger partial charge >= 0.3 is 0 Å². The van der Waals surface area contributed by atoms with Crippen LogP contribution >= 0.6 is 11.8 Å². The zero-order chi connectivity index (χ0) is 15.4. The van der Waals surface area contributed by atoms with Gasteiger partial charge in [0.15, 0.2) is 0 Å². The number of nitrogens with one attached hydrogen (secondary N) is 1. The van der Waals surface area contributed by atoms with Gasteiger partial charge in [-0.05, 0) is 60.9 Å². The Morgan fingerprint density at radius 2 is 1.95 bits per heavy atom. The van der Waals surface area contributed by atoms with E-state index in [0.717, 1.165) is 25.3 Å². The van der Waals surface area contributed by atoms with Crippen LogP contribution in [0.1, 0.15) is 17.5 Å². The monoisotopic (exact) mass is 311 g/mol. The van der Waals surface area contributed by atoms with Gasteiger partial charge in [0.25, 0.3) is 0 Å². The predicted molar refractivity (Wildman–Crippen MR) is 93.8 cm³/mol. The van der Waals surface area contributed by atoms with E-state index in [1.54, 1.807) is 7.11 Å². The highest BCUT2D eigenvalue weighted by Crippen LogP contribution is 2.37. The molecule has 0 aromatic heterocycles. The Morgan fingerprint density at radius 3 is 2.68 bits per heavy atom. The topological polar surface area (TPSA) is 21.3 Å². The molecule has 1 aliphatic rings. The van der Waals surface area contributed by atoms with Crippen LogP contribution in [0.15, 0.2) is 58.3 Å². The second kappa shape index (κ2) is 7.03. The summed E-state index contributed by atoms with van der Waals surface area (Å²) in [6, 6.07) is 15.0. The maximum atomic E-state index is 5.29. The van der Waals surface area contributed by atoms with E-state index in [9.17, 15) is 0 Å². The summed E-state index contributed by atoms with van der Waals surface area (Å²) in [5.74, 6) is 0.913. The van der Waals surface area contributed by atoms with Crippen molar-refractivity contribution in [1.82, 2.24) is 5.32 Å². The van der Waals surface area contributed by atoms with E-state index in [-0.39, 0.29) is 0 Å². The molecule has 3 heteroatoms. The average molecular weight is 311 g/mol. The number of methoxy groups -OCH3 is 1. The molecule has 0 spiro atoms. The molecule has 0 saturated heterocycles. The van der Waals surface area contributed by atoms with Crippen molar-refractivity contribution < 1.29 is 4.74 Å². The average Bonchev–Trinajstić information content (AvgIpc) is 2.58. The lowest BCUT2D eigenvalue weighted by Crippen LogP contribution is -2.20. The minimum Gasteiger partial charge on any atom is -0.497 e.